The summed E-state index contributed by atoms with van der Waals surface area (Å²) < 4.78 is 10.9. The van der Waals surface area contributed by atoms with Crippen molar-refractivity contribution in [1.82, 2.24) is 0 Å². The number of benzene rings is 3. The minimum Gasteiger partial charge on any atom is -0.448 e. The predicted molar refractivity (Wildman–Crippen MR) is 131 cm³/mol. The number of fused-ring (bicyclic) bond motifs is 1. The van der Waals surface area contributed by atoms with Gasteiger partial charge in [-0.2, -0.15) is 0 Å². The summed E-state index contributed by atoms with van der Waals surface area (Å²) >= 11 is 1.48. The number of para-hydroxylation sites is 2. The quantitative estimate of drug-likeness (QED) is 0.469. The summed E-state index contributed by atoms with van der Waals surface area (Å²) in [4.78, 5) is 39.2. The van der Waals surface area contributed by atoms with E-state index in [0.717, 1.165) is 10.5 Å². The van der Waals surface area contributed by atoms with Gasteiger partial charge in [0.25, 0.3) is 0 Å². The first-order valence-corrected chi connectivity index (χ1v) is 11.7. The third-order valence-corrected chi connectivity index (χ3v) is 6.71. The van der Waals surface area contributed by atoms with Crippen LogP contribution in [0.3, 0.4) is 0 Å². The molecule has 4 rings (SSSR count). The molecule has 7 nitrogen and oxygen atoms in total. The van der Waals surface area contributed by atoms with Gasteiger partial charge in [0.1, 0.15) is 18.6 Å². The van der Waals surface area contributed by atoms with Crippen LogP contribution in [0.15, 0.2) is 83.8 Å². The number of carbonyl (C=O) groups excluding carboxylic acids is 3. The molecule has 0 unspecified atom stereocenters. The Kier molecular flexibility index (Phi) is 7.18. The number of rotatable bonds is 6. The molecule has 0 fully saturated rings. The highest BCUT2D eigenvalue weighted by Gasteiger charge is 2.46. The Morgan fingerprint density at radius 2 is 1.38 bits per heavy atom. The predicted octanol–water partition coefficient (Wildman–Crippen LogP) is 5.77. The average molecular weight is 477 g/mol. The highest BCUT2D eigenvalue weighted by Crippen LogP contribution is 2.41. The molecule has 0 atom stereocenters. The molecule has 0 aliphatic carbocycles. The lowest BCUT2D eigenvalue weighted by Gasteiger charge is -2.35. The van der Waals surface area contributed by atoms with Crippen molar-refractivity contribution in [3.63, 3.8) is 0 Å². The Bertz CT molecular complexity index is 1130. The van der Waals surface area contributed by atoms with Gasteiger partial charge in [-0.05, 0) is 48.9 Å². The second kappa shape index (κ2) is 10.4. The molecule has 0 aromatic heterocycles. The van der Waals surface area contributed by atoms with Crippen molar-refractivity contribution < 1.29 is 23.9 Å². The molecule has 0 saturated carbocycles. The Balaban J connectivity index is 1.49. The lowest BCUT2D eigenvalue weighted by atomic mass is 9.82. The summed E-state index contributed by atoms with van der Waals surface area (Å²) in [6.45, 7) is 1.49. The molecular weight excluding hydrogens is 452 g/mol. The van der Waals surface area contributed by atoms with Crippen LogP contribution in [0.25, 0.3) is 0 Å². The topological polar surface area (TPSA) is 93.7 Å². The Morgan fingerprint density at radius 1 is 0.853 bits per heavy atom. The molecule has 8 heteroatoms. The second-order valence-electron chi connectivity index (χ2n) is 8.03. The van der Waals surface area contributed by atoms with Crippen molar-refractivity contribution in [2.24, 2.45) is 5.41 Å². The zero-order valence-corrected chi connectivity index (χ0v) is 19.4. The van der Waals surface area contributed by atoms with Gasteiger partial charge >= 0.3 is 12.2 Å². The number of hydrogen-bond acceptors (Lipinski definition) is 6. The van der Waals surface area contributed by atoms with Gasteiger partial charge in [-0.1, -0.05) is 42.5 Å². The Labute approximate surface area is 201 Å². The van der Waals surface area contributed by atoms with E-state index < -0.39 is 17.6 Å². The number of Topliss-reactive ketones (excluding diaryl/α,β-unsaturated/α-hetero) is 1. The summed E-state index contributed by atoms with van der Waals surface area (Å²) in [5.41, 5.74) is 1.51. The summed E-state index contributed by atoms with van der Waals surface area (Å²) in [6.07, 6.45) is -1.38. The van der Waals surface area contributed by atoms with E-state index in [-0.39, 0.29) is 19.0 Å². The third kappa shape index (κ3) is 5.58. The number of thioether (sulfide) groups is 1. The molecule has 3 aromatic rings. The van der Waals surface area contributed by atoms with E-state index in [4.69, 9.17) is 9.47 Å². The van der Waals surface area contributed by atoms with Crippen molar-refractivity contribution in [3.8, 4) is 0 Å². The van der Waals surface area contributed by atoms with Gasteiger partial charge in [-0.25, -0.2) is 9.59 Å². The fourth-order valence-corrected chi connectivity index (χ4v) is 4.83. The van der Waals surface area contributed by atoms with Crippen LogP contribution in [-0.2, 0) is 9.47 Å². The van der Waals surface area contributed by atoms with Crippen LogP contribution in [0.1, 0.15) is 15.9 Å². The fraction of sp³-hybridized carbons (Fsp3) is 0.192. The first-order valence-electron chi connectivity index (χ1n) is 10.7. The summed E-state index contributed by atoms with van der Waals surface area (Å²) in [5.74, 6) is 0.0840. The van der Waals surface area contributed by atoms with E-state index in [1.807, 2.05) is 31.2 Å². The monoisotopic (exact) mass is 476 g/mol. The van der Waals surface area contributed by atoms with Gasteiger partial charge < -0.3 is 9.47 Å². The van der Waals surface area contributed by atoms with E-state index in [1.165, 1.54) is 11.8 Å². The van der Waals surface area contributed by atoms with Gasteiger partial charge in [0.05, 0.1) is 0 Å². The molecule has 0 radical (unpaired) electrons. The van der Waals surface area contributed by atoms with Crippen molar-refractivity contribution in [2.75, 3.05) is 29.6 Å². The Morgan fingerprint density at radius 3 is 1.91 bits per heavy atom. The maximum Gasteiger partial charge on any atom is 0.411 e. The lowest BCUT2D eigenvalue weighted by Crippen LogP contribution is -2.46. The van der Waals surface area contributed by atoms with E-state index >= 15 is 0 Å². The van der Waals surface area contributed by atoms with Gasteiger partial charge in [0.15, 0.2) is 5.78 Å². The number of anilines is 2. The number of ether oxygens (including phenoxy) is 2. The molecule has 2 N–H and O–H groups in total. The minimum atomic E-state index is -1.21. The van der Waals surface area contributed by atoms with Crippen LogP contribution in [0, 0.1) is 12.3 Å². The van der Waals surface area contributed by atoms with E-state index in [9.17, 15) is 14.4 Å². The number of carbonyl (C=O) groups is 3. The minimum absolute atomic E-state index is 0.221. The van der Waals surface area contributed by atoms with Crippen molar-refractivity contribution in [1.29, 1.82) is 0 Å². The standard InChI is InChI=1S/C26H24N2O5S/c1-18-12-13-21-22(14-18)34-17-26(23(21)29,15-32-24(30)27-19-8-4-2-5-9-19)16-33-25(31)28-20-10-6-3-7-11-20/h2-14H,15-17H2,1H3,(H,27,30)(H,28,31). The van der Waals surface area contributed by atoms with Crippen LogP contribution in [0.2, 0.25) is 0 Å². The number of ketones is 1. The first-order chi connectivity index (χ1) is 16.4. The van der Waals surface area contributed by atoms with Crippen LogP contribution in [0.5, 0.6) is 0 Å². The molecular formula is C26H24N2O5S. The number of amides is 2. The van der Waals surface area contributed by atoms with Gasteiger partial charge in [0.2, 0.25) is 0 Å². The summed E-state index contributed by atoms with van der Waals surface area (Å²) in [5, 5.41) is 5.28. The van der Waals surface area contributed by atoms with Crippen molar-refractivity contribution in [2.45, 2.75) is 11.8 Å². The summed E-state index contributed by atoms with van der Waals surface area (Å²) in [6, 6.07) is 23.3. The largest absolute Gasteiger partial charge is 0.448 e. The molecule has 1 aliphatic rings. The molecule has 34 heavy (non-hydrogen) atoms. The molecule has 3 aromatic carbocycles. The van der Waals surface area contributed by atoms with Crippen LogP contribution in [0.4, 0.5) is 21.0 Å². The SMILES string of the molecule is Cc1ccc2c(c1)SCC(COC(=O)Nc1ccccc1)(COC(=O)Nc1ccccc1)C2=O. The van der Waals surface area contributed by atoms with Crippen LogP contribution >= 0.6 is 11.8 Å². The molecule has 0 bridgehead atoms. The van der Waals surface area contributed by atoms with Gasteiger partial charge in [-0.3, -0.25) is 15.4 Å². The smallest absolute Gasteiger partial charge is 0.411 e. The van der Waals surface area contributed by atoms with Gasteiger partial charge in [0, 0.05) is 27.6 Å². The molecule has 174 valence electrons. The first kappa shape index (κ1) is 23.4. The highest BCUT2D eigenvalue weighted by molar-refractivity contribution is 7.99. The summed E-state index contributed by atoms with van der Waals surface area (Å²) in [7, 11) is 0. The highest BCUT2D eigenvalue weighted by atomic mass is 32.2. The zero-order valence-electron chi connectivity index (χ0n) is 18.6. The second-order valence-corrected chi connectivity index (χ2v) is 9.05. The average Bonchev–Trinajstić information content (AvgIpc) is 2.84. The molecule has 1 heterocycles. The molecule has 2 amide bonds. The van der Waals surface area contributed by atoms with Crippen molar-refractivity contribution >= 4 is 41.1 Å². The maximum atomic E-state index is 13.6. The number of hydrogen-bond donors (Lipinski definition) is 2. The maximum absolute atomic E-state index is 13.6. The molecule has 1 aliphatic heterocycles. The van der Waals surface area contributed by atoms with E-state index in [2.05, 4.69) is 10.6 Å². The van der Waals surface area contributed by atoms with E-state index in [0.29, 0.717) is 22.7 Å². The van der Waals surface area contributed by atoms with Crippen molar-refractivity contribution in [3.05, 3.63) is 90.0 Å². The molecule has 0 saturated heterocycles. The van der Waals surface area contributed by atoms with Crippen LogP contribution in [-0.4, -0.2) is 36.9 Å². The van der Waals surface area contributed by atoms with Crippen LogP contribution < -0.4 is 10.6 Å². The lowest BCUT2D eigenvalue weighted by molar-refractivity contribution is 0.0388. The Hall–Kier alpha value is -3.78. The third-order valence-electron chi connectivity index (χ3n) is 5.37. The normalized spacial score (nSPS) is 14.0. The van der Waals surface area contributed by atoms with Gasteiger partial charge in [-0.15, -0.1) is 11.8 Å². The number of nitrogens with one attached hydrogen (secondary N) is 2. The van der Waals surface area contributed by atoms with E-state index in [1.54, 1.807) is 54.6 Å². The number of aryl methyl sites for hydroxylation is 1. The zero-order chi connectivity index (χ0) is 24.0. The molecule has 0 spiro atoms. The fourth-order valence-electron chi connectivity index (χ4n) is 3.52.